The summed E-state index contributed by atoms with van der Waals surface area (Å²) in [6, 6.07) is 15.7. The third-order valence-electron chi connectivity index (χ3n) is 3.58. The Balaban J connectivity index is 1.66. The average Bonchev–Trinajstić information content (AvgIpc) is 2.52. The van der Waals surface area contributed by atoms with Crippen LogP contribution in [-0.2, 0) is 0 Å². The third-order valence-corrected chi connectivity index (χ3v) is 3.58. The minimum absolute atomic E-state index is 0.125. The summed E-state index contributed by atoms with van der Waals surface area (Å²) >= 11 is 0. The van der Waals surface area contributed by atoms with Crippen LogP contribution in [-0.4, -0.2) is 41.0 Å². The Hall–Kier alpha value is -2.66. The predicted octanol–water partition coefficient (Wildman–Crippen LogP) is 1.76. The number of anilines is 1. The zero-order chi connectivity index (χ0) is 15.5. The Bertz CT molecular complexity index is 677. The van der Waals surface area contributed by atoms with Gasteiger partial charge in [0.25, 0.3) is 11.8 Å². The Kier molecular flexibility index (Phi) is 3.89. The molecule has 2 amide bonds. The number of β-amino-alcohol motifs (C(OH)–C–C–N with tert-alkyl or cyclic N) is 1. The van der Waals surface area contributed by atoms with E-state index >= 15 is 0 Å². The van der Waals surface area contributed by atoms with E-state index in [4.69, 9.17) is 0 Å². The summed E-state index contributed by atoms with van der Waals surface area (Å²) in [5.74, 6) is -0.343. The van der Waals surface area contributed by atoms with E-state index < -0.39 is 6.10 Å². The summed E-state index contributed by atoms with van der Waals surface area (Å²) in [6.07, 6.45) is -0.417. The number of carbonyl (C=O) groups is 2. The molecule has 1 saturated heterocycles. The van der Waals surface area contributed by atoms with Crippen LogP contribution in [0.2, 0.25) is 0 Å². The molecular formula is C17H16N2O3. The SMILES string of the molecule is O=C(Nc1ccccc1)c1ccc(C(=O)N2CC(O)C2)cc1. The lowest BCUT2D eigenvalue weighted by Crippen LogP contribution is -2.53. The standard InChI is InChI=1S/C17H16N2O3/c20-15-10-19(11-15)17(22)13-8-6-12(7-9-13)16(21)18-14-4-2-1-3-5-14/h1-9,15,20H,10-11H2,(H,18,21). The first-order valence-electron chi connectivity index (χ1n) is 7.07. The molecule has 3 rings (SSSR count). The average molecular weight is 296 g/mol. The van der Waals surface area contributed by atoms with Crippen molar-refractivity contribution in [2.75, 3.05) is 18.4 Å². The molecule has 0 atom stereocenters. The molecule has 0 aliphatic carbocycles. The number of nitrogens with zero attached hydrogens (tertiary/aromatic N) is 1. The normalized spacial score (nSPS) is 14.3. The van der Waals surface area contributed by atoms with Crippen molar-refractivity contribution in [2.24, 2.45) is 0 Å². The van der Waals surface area contributed by atoms with E-state index in [0.29, 0.717) is 24.2 Å². The number of amides is 2. The maximum atomic E-state index is 12.1. The van der Waals surface area contributed by atoms with Crippen LogP contribution in [0.3, 0.4) is 0 Å². The molecule has 0 spiro atoms. The van der Waals surface area contributed by atoms with E-state index in [1.165, 1.54) is 0 Å². The first-order valence-corrected chi connectivity index (χ1v) is 7.07. The first kappa shape index (κ1) is 14.3. The molecule has 0 saturated carbocycles. The number of hydrogen-bond acceptors (Lipinski definition) is 3. The molecule has 112 valence electrons. The van der Waals surface area contributed by atoms with E-state index in [1.807, 2.05) is 30.3 Å². The van der Waals surface area contributed by atoms with Gasteiger partial charge in [0.2, 0.25) is 0 Å². The van der Waals surface area contributed by atoms with Gasteiger partial charge in [0.15, 0.2) is 0 Å². The van der Waals surface area contributed by atoms with Crippen molar-refractivity contribution < 1.29 is 14.7 Å². The fourth-order valence-corrected chi connectivity index (χ4v) is 2.29. The maximum absolute atomic E-state index is 12.1. The first-order chi connectivity index (χ1) is 10.6. The molecule has 0 aromatic heterocycles. The van der Waals surface area contributed by atoms with Crippen molar-refractivity contribution in [2.45, 2.75) is 6.10 Å². The summed E-state index contributed by atoms with van der Waals surface area (Å²) in [6.45, 7) is 0.740. The molecule has 0 radical (unpaired) electrons. The quantitative estimate of drug-likeness (QED) is 0.906. The van der Waals surface area contributed by atoms with Gasteiger partial charge in [-0.05, 0) is 36.4 Å². The number of aliphatic hydroxyl groups excluding tert-OH is 1. The van der Waals surface area contributed by atoms with Crippen molar-refractivity contribution in [3.63, 3.8) is 0 Å². The molecular weight excluding hydrogens is 280 g/mol. The van der Waals surface area contributed by atoms with Crippen LogP contribution in [0, 0.1) is 0 Å². The largest absolute Gasteiger partial charge is 0.389 e. The molecule has 1 aliphatic rings. The summed E-state index contributed by atoms with van der Waals surface area (Å²) in [7, 11) is 0. The number of para-hydroxylation sites is 1. The second-order valence-corrected chi connectivity index (χ2v) is 5.26. The van der Waals surface area contributed by atoms with Crippen molar-refractivity contribution in [3.05, 3.63) is 65.7 Å². The van der Waals surface area contributed by atoms with Crippen molar-refractivity contribution in [3.8, 4) is 0 Å². The number of likely N-dealkylation sites (tertiary alicyclic amines) is 1. The molecule has 2 aromatic rings. The van der Waals surface area contributed by atoms with E-state index in [1.54, 1.807) is 29.2 Å². The predicted molar refractivity (Wildman–Crippen MR) is 82.7 cm³/mol. The Morgan fingerprint density at radius 1 is 0.955 bits per heavy atom. The maximum Gasteiger partial charge on any atom is 0.255 e. The third kappa shape index (κ3) is 2.99. The van der Waals surface area contributed by atoms with Gasteiger partial charge < -0.3 is 15.3 Å². The summed E-state index contributed by atoms with van der Waals surface area (Å²) in [4.78, 5) is 25.7. The Morgan fingerprint density at radius 2 is 1.55 bits per heavy atom. The summed E-state index contributed by atoms with van der Waals surface area (Å²) < 4.78 is 0. The fourth-order valence-electron chi connectivity index (χ4n) is 2.29. The van der Waals surface area contributed by atoms with Crippen LogP contribution in [0.1, 0.15) is 20.7 Å². The Morgan fingerprint density at radius 3 is 2.14 bits per heavy atom. The molecule has 2 aromatic carbocycles. The summed E-state index contributed by atoms with van der Waals surface area (Å²) in [5.41, 5.74) is 1.73. The van der Waals surface area contributed by atoms with E-state index in [-0.39, 0.29) is 11.8 Å². The van der Waals surface area contributed by atoms with E-state index in [2.05, 4.69) is 5.32 Å². The van der Waals surface area contributed by atoms with Crippen LogP contribution in [0.4, 0.5) is 5.69 Å². The van der Waals surface area contributed by atoms with E-state index in [9.17, 15) is 14.7 Å². The highest BCUT2D eigenvalue weighted by atomic mass is 16.3. The Labute approximate surface area is 128 Å². The molecule has 1 heterocycles. The van der Waals surface area contributed by atoms with Crippen LogP contribution < -0.4 is 5.32 Å². The van der Waals surface area contributed by atoms with Crippen molar-refractivity contribution in [1.82, 2.24) is 4.90 Å². The van der Waals surface area contributed by atoms with Gasteiger partial charge in [0, 0.05) is 29.9 Å². The lowest BCUT2D eigenvalue weighted by Gasteiger charge is -2.35. The van der Waals surface area contributed by atoms with Gasteiger partial charge in [-0.3, -0.25) is 9.59 Å². The topological polar surface area (TPSA) is 69.6 Å². The second-order valence-electron chi connectivity index (χ2n) is 5.26. The number of hydrogen-bond donors (Lipinski definition) is 2. The molecule has 5 nitrogen and oxygen atoms in total. The molecule has 2 N–H and O–H groups in total. The number of aliphatic hydroxyl groups is 1. The zero-order valence-electron chi connectivity index (χ0n) is 11.9. The van der Waals surface area contributed by atoms with E-state index in [0.717, 1.165) is 5.69 Å². The minimum atomic E-state index is -0.417. The molecule has 1 aliphatic heterocycles. The highest BCUT2D eigenvalue weighted by molar-refractivity contribution is 6.05. The van der Waals surface area contributed by atoms with Crippen LogP contribution >= 0.6 is 0 Å². The lowest BCUT2D eigenvalue weighted by molar-refractivity contribution is 0.00589. The van der Waals surface area contributed by atoms with Gasteiger partial charge in [-0.15, -0.1) is 0 Å². The van der Waals surface area contributed by atoms with Gasteiger partial charge in [-0.2, -0.15) is 0 Å². The highest BCUT2D eigenvalue weighted by Gasteiger charge is 2.29. The molecule has 1 fully saturated rings. The van der Waals surface area contributed by atoms with Gasteiger partial charge in [0.05, 0.1) is 6.10 Å². The van der Waals surface area contributed by atoms with Gasteiger partial charge >= 0.3 is 0 Å². The fraction of sp³-hybridized carbons (Fsp3) is 0.176. The molecule has 0 bridgehead atoms. The molecule has 0 unspecified atom stereocenters. The summed E-state index contributed by atoms with van der Waals surface area (Å²) in [5, 5.41) is 12.0. The molecule has 22 heavy (non-hydrogen) atoms. The van der Waals surface area contributed by atoms with Crippen molar-refractivity contribution >= 4 is 17.5 Å². The number of nitrogens with one attached hydrogen (secondary N) is 1. The van der Waals surface area contributed by atoms with Gasteiger partial charge in [-0.25, -0.2) is 0 Å². The molecule has 5 heteroatoms. The van der Waals surface area contributed by atoms with Crippen LogP contribution in [0.5, 0.6) is 0 Å². The highest BCUT2D eigenvalue weighted by Crippen LogP contribution is 2.15. The smallest absolute Gasteiger partial charge is 0.255 e. The van der Waals surface area contributed by atoms with Crippen LogP contribution in [0.15, 0.2) is 54.6 Å². The number of benzene rings is 2. The monoisotopic (exact) mass is 296 g/mol. The van der Waals surface area contributed by atoms with Crippen LogP contribution in [0.25, 0.3) is 0 Å². The van der Waals surface area contributed by atoms with Gasteiger partial charge in [0.1, 0.15) is 0 Å². The minimum Gasteiger partial charge on any atom is -0.389 e. The second kappa shape index (κ2) is 5.99. The lowest BCUT2D eigenvalue weighted by atomic mass is 10.1. The van der Waals surface area contributed by atoms with Gasteiger partial charge in [-0.1, -0.05) is 18.2 Å². The number of carbonyl (C=O) groups excluding carboxylic acids is 2. The van der Waals surface area contributed by atoms with Crippen molar-refractivity contribution in [1.29, 1.82) is 0 Å². The zero-order valence-corrected chi connectivity index (χ0v) is 11.9. The number of rotatable bonds is 3.